The molecule has 4 nitrogen and oxygen atoms in total. The molecular formula is C18H18ClN3O. The highest BCUT2D eigenvalue weighted by atomic mass is 35.5. The van der Waals surface area contributed by atoms with Crippen LogP contribution in [0.3, 0.4) is 0 Å². The lowest BCUT2D eigenvalue weighted by Crippen LogP contribution is -2.37. The number of nitrogens with zero attached hydrogens (tertiary/aromatic N) is 1. The van der Waals surface area contributed by atoms with Crippen molar-refractivity contribution >= 4 is 17.6 Å². The number of nitrogens with one attached hydrogen (secondary N) is 2. The van der Waals surface area contributed by atoms with Crippen molar-refractivity contribution in [3.8, 4) is 17.2 Å². The number of hydrogen-bond donors (Lipinski definition) is 2. The molecule has 2 rings (SSSR count). The van der Waals surface area contributed by atoms with E-state index in [2.05, 4.69) is 16.7 Å². The van der Waals surface area contributed by atoms with Crippen LogP contribution in [0.5, 0.6) is 0 Å². The first-order valence-electron chi connectivity index (χ1n) is 7.40. The number of carbonyl (C=O) groups excluding carboxylic acids is 1. The molecule has 2 N–H and O–H groups in total. The van der Waals surface area contributed by atoms with Gasteiger partial charge in [-0.1, -0.05) is 36.4 Å². The summed E-state index contributed by atoms with van der Waals surface area (Å²) in [5, 5.41) is 14.3. The van der Waals surface area contributed by atoms with E-state index in [4.69, 9.17) is 16.9 Å². The molecule has 0 spiro atoms. The number of amides is 2. The van der Waals surface area contributed by atoms with Crippen molar-refractivity contribution in [1.29, 1.82) is 5.26 Å². The second-order valence-electron chi connectivity index (χ2n) is 5.01. The van der Waals surface area contributed by atoms with Gasteiger partial charge in [0.25, 0.3) is 0 Å². The van der Waals surface area contributed by atoms with Gasteiger partial charge in [-0.15, -0.1) is 11.6 Å². The molecule has 0 atom stereocenters. The third-order valence-corrected chi connectivity index (χ3v) is 3.57. The maximum Gasteiger partial charge on any atom is 0.314 e. The first-order valence-corrected chi connectivity index (χ1v) is 7.93. The number of urea groups is 1. The predicted molar refractivity (Wildman–Crippen MR) is 92.4 cm³/mol. The van der Waals surface area contributed by atoms with Crippen LogP contribution in [-0.2, 0) is 6.42 Å². The topological polar surface area (TPSA) is 64.9 Å². The summed E-state index contributed by atoms with van der Waals surface area (Å²) in [6, 6.07) is 17.6. The summed E-state index contributed by atoms with van der Waals surface area (Å²) in [7, 11) is 0. The van der Waals surface area contributed by atoms with Gasteiger partial charge < -0.3 is 10.6 Å². The summed E-state index contributed by atoms with van der Waals surface area (Å²) < 4.78 is 0. The largest absolute Gasteiger partial charge is 0.338 e. The number of rotatable bonds is 6. The van der Waals surface area contributed by atoms with Crippen LogP contribution < -0.4 is 10.6 Å². The molecular weight excluding hydrogens is 310 g/mol. The van der Waals surface area contributed by atoms with E-state index in [9.17, 15) is 4.79 Å². The fourth-order valence-electron chi connectivity index (χ4n) is 2.14. The molecule has 0 aliphatic rings. The first kappa shape index (κ1) is 16.9. The van der Waals surface area contributed by atoms with Crippen molar-refractivity contribution in [2.45, 2.75) is 6.42 Å². The lowest BCUT2D eigenvalue weighted by atomic mass is 10.0. The van der Waals surface area contributed by atoms with E-state index in [1.54, 1.807) is 0 Å². The van der Waals surface area contributed by atoms with Crippen LogP contribution in [0.4, 0.5) is 4.79 Å². The normalized spacial score (nSPS) is 9.91. The lowest BCUT2D eigenvalue weighted by Gasteiger charge is -2.07. The Morgan fingerprint density at radius 3 is 2.09 bits per heavy atom. The van der Waals surface area contributed by atoms with Gasteiger partial charge in [-0.25, -0.2) is 4.79 Å². The highest BCUT2D eigenvalue weighted by molar-refractivity contribution is 6.18. The summed E-state index contributed by atoms with van der Waals surface area (Å²) in [6.45, 7) is 1.04. The van der Waals surface area contributed by atoms with Gasteiger partial charge in [0.05, 0.1) is 11.6 Å². The van der Waals surface area contributed by atoms with Gasteiger partial charge >= 0.3 is 6.03 Å². The zero-order chi connectivity index (χ0) is 16.5. The van der Waals surface area contributed by atoms with Crippen molar-refractivity contribution < 1.29 is 4.79 Å². The highest BCUT2D eigenvalue weighted by Gasteiger charge is 2.01. The number of halogens is 1. The molecule has 0 saturated heterocycles. The Kier molecular flexibility index (Phi) is 6.46. The smallest absolute Gasteiger partial charge is 0.314 e. The lowest BCUT2D eigenvalue weighted by molar-refractivity contribution is 0.241. The predicted octanol–water partition coefficient (Wildman–Crippen LogP) is 3.31. The Bertz CT molecular complexity index is 675. The van der Waals surface area contributed by atoms with Gasteiger partial charge in [-0.05, 0) is 35.2 Å². The van der Waals surface area contributed by atoms with Gasteiger partial charge in [0, 0.05) is 19.0 Å². The van der Waals surface area contributed by atoms with E-state index in [0.29, 0.717) is 24.5 Å². The van der Waals surface area contributed by atoms with E-state index < -0.39 is 0 Å². The van der Waals surface area contributed by atoms with E-state index in [-0.39, 0.29) is 6.03 Å². The molecule has 0 heterocycles. The molecule has 0 unspecified atom stereocenters. The molecule has 0 aliphatic carbocycles. The summed E-state index contributed by atoms with van der Waals surface area (Å²) >= 11 is 5.50. The molecule has 0 fully saturated rings. The fourth-order valence-corrected chi connectivity index (χ4v) is 2.24. The Morgan fingerprint density at radius 2 is 1.52 bits per heavy atom. The Hall–Kier alpha value is -2.51. The molecule has 0 radical (unpaired) electrons. The number of nitriles is 1. The second kappa shape index (κ2) is 8.82. The number of benzene rings is 2. The molecule has 0 saturated carbocycles. The molecule has 2 aromatic carbocycles. The van der Waals surface area contributed by atoms with Crippen molar-refractivity contribution in [3.63, 3.8) is 0 Å². The fraction of sp³-hybridized carbons (Fsp3) is 0.222. The second-order valence-corrected chi connectivity index (χ2v) is 5.39. The van der Waals surface area contributed by atoms with Crippen molar-refractivity contribution in [2.75, 3.05) is 19.0 Å². The summed E-state index contributed by atoms with van der Waals surface area (Å²) in [5.74, 6) is 0.407. The number of alkyl halides is 1. The van der Waals surface area contributed by atoms with Crippen LogP contribution in [0.25, 0.3) is 11.1 Å². The van der Waals surface area contributed by atoms with Crippen LogP contribution in [0.1, 0.15) is 11.1 Å². The van der Waals surface area contributed by atoms with Gasteiger partial charge in [-0.3, -0.25) is 0 Å². The van der Waals surface area contributed by atoms with Crippen molar-refractivity contribution in [2.24, 2.45) is 0 Å². The minimum Gasteiger partial charge on any atom is -0.338 e. The average molecular weight is 328 g/mol. The molecule has 2 amide bonds. The third kappa shape index (κ3) is 5.32. The van der Waals surface area contributed by atoms with Crippen LogP contribution in [0.2, 0.25) is 0 Å². The van der Waals surface area contributed by atoms with Crippen LogP contribution in [0, 0.1) is 11.3 Å². The zero-order valence-corrected chi connectivity index (χ0v) is 13.4. The van der Waals surface area contributed by atoms with Crippen LogP contribution in [0.15, 0.2) is 48.5 Å². The Balaban J connectivity index is 1.87. The van der Waals surface area contributed by atoms with Crippen molar-refractivity contribution in [1.82, 2.24) is 10.6 Å². The van der Waals surface area contributed by atoms with Gasteiger partial charge in [0.1, 0.15) is 0 Å². The molecule has 0 aromatic heterocycles. The van der Waals surface area contributed by atoms with E-state index in [1.165, 1.54) is 0 Å². The molecule has 2 aromatic rings. The number of carbonyl (C=O) groups is 1. The summed E-state index contributed by atoms with van der Waals surface area (Å²) in [5.41, 5.74) is 3.99. The van der Waals surface area contributed by atoms with Crippen LogP contribution >= 0.6 is 11.6 Å². The SMILES string of the molecule is N#Cc1ccc(-c2ccc(CCNC(=O)NCCCl)cc2)cc1. The quantitative estimate of drug-likeness (QED) is 0.799. The summed E-state index contributed by atoms with van der Waals surface area (Å²) in [6.07, 6.45) is 0.766. The van der Waals surface area contributed by atoms with Gasteiger partial charge in [0.2, 0.25) is 0 Å². The highest BCUT2D eigenvalue weighted by Crippen LogP contribution is 2.20. The average Bonchev–Trinajstić information content (AvgIpc) is 2.60. The summed E-state index contributed by atoms with van der Waals surface area (Å²) in [4.78, 5) is 11.4. The minimum absolute atomic E-state index is 0.195. The molecule has 0 aliphatic heterocycles. The monoisotopic (exact) mass is 327 g/mol. The van der Waals surface area contributed by atoms with E-state index >= 15 is 0 Å². The van der Waals surface area contributed by atoms with Gasteiger partial charge in [0.15, 0.2) is 0 Å². The maximum absolute atomic E-state index is 11.4. The van der Waals surface area contributed by atoms with E-state index in [0.717, 1.165) is 23.1 Å². The first-order chi connectivity index (χ1) is 11.2. The maximum atomic E-state index is 11.4. The van der Waals surface area contributed by atoms with Gasteiger partial charge in [-0.2, -0.15) is 5.26 Å². The molecule has 5 heteroatoms. The third-order valence-electron chi connectivity index (χ3n) is 3.38. The van der Waals surface area contributed by atoms with E-state index in [1.807, 2.05) is 48.5 Å². The zero-order valence-electron chi connectivity index (χ0n) is 12.7. The standard InChI is InChI=1S/C18H18ClN3O/c19-10-12-22-18(23)21-11-9-14-1-5-16(6-2-14)17-7-3-15(13-20)4-8-17/h1-8H,9-12H2,(H2,21,22,23). The molecule has 0 bridgehead atoms. The van der Waals surface area contributed by atoms with Crippen molar-refractivity contribution in [3.05, 3.63) is 59.7 Å². The Labute approximate surface area is 141 Å². The van der Waals surface area contributed by atoms with Crippen LogP contribution in [-0.4, -0.2) is 25.0 Å². The molecule has 23 heavy (non-hydrogen) atoms. The molecule has 118 valence electrons. The number of hydrogen-bond acceptors (Lipinski definition) is 2. The Morgan fingerprint density at radius 1 is 0.957 bits per heavy atom. The minimum atomic E-state index is -0.195.